The second kappa shape index (κ2) is 11.6. The van der Waals surface area contributed by atoms with Crippen molar-refractivity contribution in [2.45, 2.75) is 84.4 Å². The molecule has 0 amide bonds. The van der Waals surface area contributed by atoms with Gasteiger partial charge in [0.2, 0.25) is 0 Å². The van der Waals surface area contributed by atoms with Gasteiger partial charge >= 0.3 is 5.97 Å². The summed E-state index contributed by atoms with van der Waals surface area (Å²) >= 11 is 0. The number of carbonyl (C=O) groups is 1. The summed E-state index contributed by atoms with van der Waals surface area (Å²) in [7, 11) is 2.00. The van der Waals surface area contributed by atoms with Crippen molar-refractivity contribution >= 4 is 22.6 Å². The zero-order chi connectivity index (χ0) is 26.7. The number of carbonyl (C=O) groups excluding carboxylic acids is 1. The van der Waals surface area contributed by atoms with Crippen molar-refractivity contribution < 1.29 is 19.4 Å². The average Bonchev–Trinajstić information content (AvgIpc) is 3.19. The van der Waals surface area contributed by atoms with Crippen molar-refractivity contribution in [1.29, 1.82) is 0 Å². The number of esters is 1. The number of rotatable bonds is 9. The van der Waals surface area contributed by atoms with Crippen LogP contribution in [0.15, 0.2) is 48.3 Å². The maximum Gasteiger partial charge on any atom is 0.326 e. The minimum absolute atomic E-state index is 0.159. The van der Waals surface area contributed by atoms with Crippen molar-refractivity contribution in [2.75, 3.05) is 13.7 Å². The fourth-order valence-electron chi connectivity index (χ4n) is 4.87. The number of aliphatic hydroxyl groups excluding tert-OH is 1. The predicted molar refractivity (Wildman–Crippen MR) is 145 cm³/mol. The molecule has 37 heavy (non-hydrogen) atoms. The van der Waals surface area contributed by atoms with Crippen LogP contribution in [0.25, 0.3) is 16.6 Å². The Morgan fingerprint density at radius 2 is 2.11 bits per heavy atom. The van der Waals surface area contributed by atoms with Crippen molar-refractivity contribution in [3.63, 3.8) is 0 Å². The maximum absolute atomic E-state index is 12.4. The van der Waals surface area contributed by atoms with Gasteiger partial charge in [-0.15, -0.1) is 0 Å². The smallest absolute Gasteiger partial charge is 0.326 e. The van der Waals surface area contributed by atoms with E-state index >= 15 is 0 Å². The molecule has 0 aliphatic carbocycles. The summed E-state index contributed by atoms with van der Waals surface area (Å²) in [4.78, 5) is 19.5. The molecule has 200 valence electrons. The highest BCUT2D eigenvalue weighted by Crippen LogP contribution is 2.31. The number of ether oxygens (including phenoxy) is 2. The molecule has 3 heterocycles. The number of aliphatic hydroxyl groups is 1. The van der Waals surface area contributed by atoms with Gasteiger partial charge in [0.15, 0.2) is 0 Å². The first-order chi connectivity index (χ1) is 17.6. The lowest BCUT2D eigenvalue weighted by atomic mass is 10.1. The highest BCUT2D eigenvalue weighted by atomic mass is 16.5. The molecule has 1 fully saturated rings. The third-order valence-electron chi connectivity index (χ3n) is 6.93. The number of likely N-dealkylation sites (N-methyl/N-ethyl adjacent to an activating group) is 1. The van der Waals surface area contributed by atoms with Gasteiger partial charge in [0.25, 0.3) is 0 Å². The summed E-state index contributed by atoms with van der Waals surface area (Å²) in [6, 6.07) is 5.35. The van der Waals surface area contributed by atoms with E-state index in [2.05, 4.69) is 41.7 Å². The molecule has 2 N–H and O–H groups in total. The van der Waals surface area contributed by atoms with Crippen molar-refractivity contribution in [3.8, 4) is 0 Å². The molecular formula is C29H40N4O4. The molecule has 0 radical (unpaired) electrons. The minimum atomic E-state index is -0.878. The molecule has 1 aromatic carbocycles. The van der Waals surface area contributed by atoms with Crippen LogP contribution in [-0.2, 0) is 27.4 Å². The zero-order valence-electron chi connectivity index (χ0n) is 22.7. The molecule has 1 aromatic heterocycles. The summed E-state index contributed by atoms with van der Waals surface area (Å²) in [6.45, 7) is 13.3. The number of hydrogen-bond donors (Lipinski definition) is 2. The molecule has 2 aliphatic heterocycles. The normalized spacial score (nSPS) is 20.1. The zero-order valence-corrected chi connectivity index (χ0v) is 22.7. The molecule has 3 atom stereocenters. The van der Waals surface area contributed by atoms with Gasteiger partial charge in [-0.05, 0) is 76.3 Å². The number of hydrogen-bond acceptors (Lipinski definition) is 7. The van der Waals surface area contributed by atoms with Crippen LogP contribution in [0.4, 0.5) is 0 Å². The van der Waals surface area contributed by atoms with E-state index < -0.39 is 18.1 Å². The van der Waals surface area contributed by atoms with Gasteiger partial charge in [0, 0.05) is 37.7 Å². The fraction of sp³-hybridized carbons (Fsp3) is 0.517. The van der Waals surface area contributed by atoms with Crippen molar-refractivity contribution in [1.82, 2.24) is 19.8 Å². The Labute approximate surface area is 219 Å². The van der Waals surface area contributed by atoms with Crippen LogP contribution in [-0.4, -0.2) is 63.5 Å². The first-order valence-corrected chi connectivity index (χ1v) is 13.2. The quantitative estimate of drug-likeness (QED) is 0.492. The molecule has 8 heteroatoms. The number of nitrogens with zero attached hydrogens (tertiary/aromatic N) is 3. The summed E-state index contributed by atoms with van der Waals surface area (Å²) in [5.41, 5.74) is 6.00. The number of imidazole rings is 1. The van der Waals surface area contributed by atoms with E-state index in [0.29, 0.717) is 6.54 Å². The minimum Gasteiger partial charge on any atom is -0.462 e. The Hall–Kier alpha value is -2.94. The molecule has 4 rings (SSSR count). The van der Waals surface area contributed by atoms with Gasteiger partial charge in [-0.3, -0.25) is 10.1 Å². The van der Waals surface area contributed by atoms with Crippen LogP contribution < -0.4 is 5.32 Å². The standard InChI is InChI=1S/C29H40N4O4/c1-18(2)37-29(35)27(21(5)34)30-15-22-10-11-26-25(14-22)31-28(23-13-19(3)20(4)32(6)16-23)33(26)17-24-9-7-8-12-36-24/h10-11,13-14,16,18,21,24,27,30,34H,4,7-9,12,15,17H2,1-3,5-6H3/t21-,24?,27+/m1/s1. The molecule has 0 bridgehead atoms. The third kappa shape index (κ3) is 6.32. The number of nitrogens with one attached hydrogen (secondary N) is 1. The largest absolute Gasteiger partial charge is 0.462 e. The second-order valence-corrected chi connectivity index (χ2v) is 10.4. The van der Waals surface area contributed by atoms with Crippen LogP contribution in [0.3, 0.4) is 0 Å². The van der Waals surface area contributed by atoms with Crippen LogP contribution >= 0.6 is 0 Å². The molecule has 1 saturated heterocycles. The molecule has 0 spiro atoms. The molecular weight excluding hydrogens is 468 g/mol. The lowest BCUT2D eigenvalue weighted by Crippen LogP contribution is -2.46. The van der Waals surface area contributed by atoms with E-state index in [0.717, 1.165) is 65.3 Å². The SMILES string of the molecule is C=C1C(C)=CC(c2nc3cc(CN[C@H](C(=O)OC(C)C)[C@@H](C)O)ccc3n2CC2CCCCO2)=CN1C. The van der Waals surface area contributed by atoms with Crippen LogP contribution in [0.1, 0.15) is 58.3 Å². The average molecular weight is 509 g/mol. The Morgan fingerprint density at radius 1 is 1.32 bits per heavy atom. The van der Waals surface area contributed by atoms with E-state index in [4.69, 9.17) is 14.5 Å². The second-order valence-electron chi connectivity index (χ2n) is 10.4. The van der Waals surface area contributed by atoms with Gasteiger partial charge in [0.05, 0.1) is 35.9 Å². The first kappa shape index (κ1) is 27.1. The molecule has 2 aliphatic rings. The monoisotopic (exact) mass is 508 g/mol. The van der Waals surface area contributed by atoms with Crippen molar-refractivity contribution in [2.24, 2.45) is 0 Å². The summed E-state index contributed by atoms with van der Waals surface area (Å²) in [5, 5.41) is 13.3. The number of aromatic nitrogens is 2. The van der Waals surface area contributed by atoms with Gasteiger partial charge in [-0.25, -0.2) is 4.98 Å². The van der Waals surface area contributed by atoms with Crippen LogP contribution in [0.5, 0.6) is 0 Å². The maximum atomic E-state index is 12.4. The number of allylic oxidation sites excluding steroid dienone is 3. The van der Waals surface area contributed by atoms with Crippen LogP contribution in [0, 0.1) is 0 Å². The highest BCUT2D eigenvalue weighted by molar-refractivity contribution is 5.84. The summed E-state index contributed by atoms with van der Waals surface area (Å²) < 4.78 is 13.6. The highest BCUT2D eigenvalue weighted by Gasteiger charge is 2.26. The lowest BCUT2D eigenvalue weighted by molar-refractivity contribution is -0.152. The van der Waals surface area contributed by atoms with E-state index in [1.54, 1.807) is 20.8 Å². The summed E-state index contributed by atoms with van der Waals surface area (Å²) in [6.07, 6.45) is 6.58. The number of fused-ring (bicyclic) bond motifs is 1. The van der Waals surface area contributed by atoms with E-state index in [-0.39, 0.29) is 12.2 Å². The van der Waals surface area contributed by atoms with E-state index in [1.807, 2.05) is 24.1 Å². The van der Waals surface area contributed by atoms with Gasteiger partial charge in [0.1, 0.15) is 11.9 Å². The van der Waals surface area contributed by atoms with Crippen molar-refractivity contribution in [3.05, 3.63) is 59.7 Å². The predicted octanol–water partition coefficient (Wildman–Crippen LogP) is 4.14. The molecule has 0 saturated carbocycles. The lowest BCUT2D eigenvalue weighted by Gasteiger charge is -2.26. The molecule has 8 nitrogen and oxygen atoms in total. The fourth-order valence-corrected chi connectivity index (χ4v) is 4.87. The van der Waals surface area contributed by atoms with Gasteiger partial charge in [-0.2, -0.15) is 0 Å². The van der Waals surface area contributed by atoms with Gasteiger partial charge in [-0.1, -0.05) is 12.6 Å². The van der Waals surface area contributed by atoms with E-state index in [1.165, 1.54) is 6.42 Å². The Balaban J connectivity index is 1.64. The third-order valence-corrected chi connectivity index (χ3v) is 6.93. The summed E-state index contributed by atoms with van der Waals surface area (Å²) in [5.74, 6) is 0.442. The first-order valence-electron chi connectivity index (χ1n) is 13.2. The number of benzene rings is 1. The van der Waals surface area contributed by atoms with Crippen LogP contribution in [0.2, 0.25) is 0 Å². The molecule has 1 unspecified atom stereocenters. The molecule has 2 aromatic rings. The van der Waals surface area contributed by atoms with Gasteiger partial charge < -0.3 is 24.0 Å². The van der Waals surface area contributed by atoms with E-state index in [9.17, 15) is 9.90 Å². The Morgan fingerprint density at radius 3 is 2.76 bits per heavy atom. The Kier molecular flexibility index (Phi) is 8.52. The Bertz CT molecular complexity index is 1200. The topological polar surface area (TPSA) is 88.8 Å².